The van der Waals surface area contributed by atoms with E-state index < -0.39 is 6.10 Å². The molecule has 3 heteroatoms. The van der Waals surface area contributed by atoms with Crippen LogP contribution < -0.4 is 0 Å². The van der Waals surface area contributed by atoms with Gasteiger partial charge in [0, 0.05) is 25.9 Å². The lowest BCUT2D eigenvalue weighted by molar-refractivity contribution is 0.175. The van der Waals surface area contributed by atoms with Gasteiger partial charge < -0.3 is 9.67 Å². The highest BCUT2D eigenvalue weighted by molar-refractivity contribution is 5.24. The van der Waals surface area contributed by atoms with Crippen LogP contribution in [0, 0.1) is 6.92 Å². The monoisotopic (exact) mass is 216 g/mol. The molecule has 1 atom stereocenters. The minimum Gasteiger partial charge on any atom is -0.388 e. The summed E-state index contributed by atoms with van der Waals surface area (Å²) in [5, 5.41) is 10.1. The lowest BCUT2D eigenvalue weighted by Gasteiger charge is -2.11. The Balaban J connectivity index is 2.14. The second-order valence-corrected chi connectivity index (χ2v) is 4.09. The van der Waals surface area contributed by atoms with Crippen LogP contribution in [-0.2, 0) is 13.5 Å². The van der Waals surface area contributed by atoms with Gasteiger partial charge in [0.25, 0.3) is 0 Å². The van der Waals surface area contributed by atoms with Gasteiger partial charge in [-0.25, -0.2) is 4.98 Å². The molecular weight excluding hydrogens is 200 g/mol. The van der Waals surface area contributed by atoms with Gasteiger partial charge in [-0.2, -0.15) is 0 Å². The topological polar surface area (TPSA) is 38.1 Å². The van der Waals surface area contributed by atoms with E-state index in [1.54, 1.807) is 6.20 Å². The number of aliphatic hydroxyl groups excluding tert-OH is 1. The summed E-state index contributed by atoms with van der Waals surface area (Å²) < 4.78 is 1.93. The Kier molecular flexibility index (Phi) is 3.06. The molecule has 16 heavy (non-hydrogen) atoms. The van der Waals surface area contributed by atoms with Crippen LogP contribution in [0.15, 0.2) is 36.7 Å². The maximum absolute atomic E-state index is 10.1. The summed E-state index contributed by atoms with van der Waals surface area (Å²) in [6.45, 7) is 2.02. The van der Waals surface area contributed by atoms with Gasteiger partial charge in [0.05, 0.1) is 6.10 Å². The minimum atomic E-state index is -0.485. The van der Waals surface area contributed by atoms with E-state index in [9.17, 15) is 5.11 Å². The van der Waals surface area contributed by atoms with E-state index in [4.69, 9.17) is 0 Å². The largest absolute Gasteiger partial charge is 0.388 e. The van der Waals surface area contributed by atoms with E-state index in [0.29, 0.717) is 6.42 Å². The van der Waals surface area contributed by atoms with Crippen molar-refractivity contribution in [2.75, 3.05) is 0 Å². The molecule has 0 saturated heterocycles. The Morgan fingerprint density at radius 2 is 2.25 bits per heavy atom. The molecule has 1 heterocycles. The molecule has 1 aromatic heterocycles. The number of nitrogens with zero attached hydrogens (tertiary/aromatic N) is 2. The van der Waals surface area contributed by atoms with Crippen LogP contribution in [0.1, 0.15) is 23.1 Å². The first-order valence-corrected chi connectivity index (χ1v) is 5.37. The van der Waals surface area contributed by atoms with Gasteiger partial charge in [0.2, 0.25) is 0 Å². The number of rotatable bonds is 3. The minimum absolute atomic E-state index is 0.485. The summed E-state index contributed by atoms with van der Waals surface area (Å²) in [7, 11) is 1.94. The molecule has 2 aromatic rings. The highest BCUT2D eigenvalue weighted by Gasteiger charge is 2.11. The van der Waals surface area contributed by atoms with Crippen molar-refractivity contribution in [3.63, 3.8) is 0 Å². The lowest BCUT2D eigenvalue weighted by atomic mass is 10.0. The van der Waals surface area contributed by atoms with Gasteiger partial charge >= 0.3 is 0 Å². The summed E-state index contributed by atoms with van der Waals surface area (Å²) in [6.07, 6.45) is 3.70. The normalized spacial score (nSPS) is 12.7. The van der Waals surface area contributed by atoms with E-state index >= 15 is 0 Å². The van der Waals surface area contributed by atoms with Crippen LogP contribution in [0.5, 0.6) is 0 Å². The predicted octanol–water partition coefficient (Wildman–Crippen LogP) is 2.00. The molecule has 0 aliphatic rings. The van der Waals surface area contributed by atoms with Crippen molar-refractivity contribution in [3.8, 4) is 0 Å². The van der Waals surface area contributed by atoms with Crippen LogP contribution in [0.25, 0.3) is 0 Å². The number of imidazole rings is 1. The molecule has 0 fully saturated rings. The summed E-state index contributed by atoms with van der Waals surface area (Å²) in [5.74, 6) is 0.897. The molecule has 0 aliphatic heterocycles. The summed E-state index contributed by atoms with van der Waals surface area (Å²) in [6, 6.07) is 7.94. The maximum atomic E-state index is 10.1. The number of aryl methyl sites for hydroxylation is 2. The van der Waals surface area contributed by atoms with Gasteiger partial charge in [-0.1, -0.05) is 29.8 Å². The molecular formula is C13H16N2O. The van der Waals surface area contributed by atoms with Crippen LogP contribution in [0.4, 0.5) is 0 Å². The Morgan fingerprint density at radius 1 is 1.44 bits per heavy atom. The van der Waals surface area contributed by atoms with Gasteiger partial charge in [0.1, 0.15) is 5.82 Å². The third kappa shape index (κ3) is 2.31. The summed E-state index contributed by atoms with van der Waals surface area (Å²) in [5.41, 5.74) is 2.11. The second kappa shape index (κ2) is 4.49. The Morgan fingerprint density at radius 3 is 2.88 bits per heavy atom. The first-order valence-electron chi connectivity index (χ1n) is 5.37. The van der Waals surface area contributed by atoms with Crippen molar-refractivity contribution in [2.45, 2.75) is 19.4 Å². The molecule has 0 radical (unpaired) electrons. The maximum Gasteiger partial charge on any atom is 0.111 e. The molecule has 1 N–H and O–H groups in total. The zero-order valence-corrected chi connectivity index (χ0v) is 9.59. The average Bonchev–Trinajstić information content (AvgIpc) is 2.64. The molecule has 0 aliphatic carbocycles. The van der Waals surface area contributed by atoms with Gasteiger partial charge in [-0.15, -0.1) is 0 Å². The van der Waals surface area contributed by atoms with Crippen molar-refractivity contribution in [2.24, 2.45) is 7.05 Å². The summed E-state index contributed by atoms with van der Waals surface area (Å²) in [4.78, 5) is 4.21. The fourth-order valence-corrected chi connectivity index (χ4v) is 1.76. The molecule has 0 spiro atoms. The molecule has 2 rings (SSSR count). The number of benzene rings is 1. The fraction of sp³-hybridized carbons (Fsp3) is 0.308. The smallest absolute Gasteiger partial charge is 0.111 e. The molecule has 0 bridgehead atoms. The zero-order chi connectivity index (χ0) is 11.5. The quantitative estimate of drug-likeness (QED) is 0.852. The Hall–Kier alpha value is -1.61. The Bertz CT molecular complexity index is 476. The third-order valence-corrected chi connectivity index (χ3v) is 2.72. The van der Waals surface area contributed by atoms with Gasteiger partial charge in [-0.05, 0) is 12.5 Å². The molecule has 1 unspecified atom stereocenters. The van der Waals surface area contributed by atoms with Crippen molar-refractivity contribution in [1.29, 1.82) is 0 Å². The first kappa shape index (κ1) is 10.9. The van der Waals surface area contributed by atoms with Gasteiger partial charge in [0.15, 0.2) is 0 Å². The highest BCUT2D eigenvalue weighted by atomic mass is 16.3. The molecule has 0 amide bonds. The molecule has 3 nitrogen and oxygen atoms in total. The molecule has 1 aromatic carbocycles. The molecule has 84 valence electrons. The lowest BCUT2D eigenvalue weighted by Crippen LogP contribution is -2.06. The number of aromatic nitrogens is 2. The van der Waals surface area contributed by atoms with Crippen molar-refractivity contribution >= 4 is 0 Å². The van der Waals surface area contributed by atoms with Gasteiger partial charge in [-0.3, -0.25) is 0 Å². The van der Waals surface area contributed by atoms with E-state index in [1.807, 2.05) is 49.0 Å². The highest BCUT2D eigenvalue weighted by Crippen LogP contribution is 2.18. The third-order valence-electron chi connectivity index (χ3n) is 2.72. The Labute approximate surface area is 95.4 Å². The van der Waals surface area contributed by atoms with Crippen molar-refractivity contribution < 1.29 is 5.11 Å². The average molecular weight is 216 g/mol. The molecule has 0 saturated carbocycles. The number of hydrogen-bond donors (Lipinski definition) is 1. The SMILES string of the molecule is Cc1cccc(C(O)Cc2nccn2C)c1. The summed E-state index contributed by atoms with van der Waals surface area (Å²) >= 11 is 0. The van der Waals surface area contributed by atoms with Crippen molar-refractivity contribution in [1.82, 2.24) is 9.55 Å². The number of aliphatic hydroxyl groups is 1. The fourth-order valence-electron chi connectivity index (χ4n) is 1.76. The van der Waals surface area contributed by atoms with Crippen LogP contribution in [-0.4, -0.2) is 14.7 Å². The predicted molar refractivity (Wildman–Crippen MR) is 63.1 cm³/mol. The van der Waals surface area contributed by atoms with Crippen molar-refractivity contribution in [3.05, 3.63) is 53.6 Å². The number of hydrogen-bond acceptors (Lipinski definition) is 2. The zero-order valence-electron chi connectivity index (χ0n) is 9.59. The first-order chi connectivity index (χ1) is 7.66. The second-order valence-electron chi connectivity index (χ2n) is 4.09. The van der Waals surface area contributed by atoms with E-state index in [-0.39, 0.29) is 0 Å². The van der Waals surface area contributed by atoms with E-state index in [2.05, 4.69) is 4.98 Å². The van der Waals surface area contributed by atoms with Crippen LogP contribution in [0.2, 0.25) is 0 Å². The standard InChI is InChI=1S/C13H16N2O/c1-10-4-3-5-11(8-10)12(16)9-13-14-6-7-15(13)2/h3-8,12,16H,9H2,1-2H3. The van der Waals surface area contributed by atoms with E-state index in [0.717, 1.165) is 17.0 Å². The van der Waals surface area contributed by atoms with Crippen LogP contribution >= 0.6 is 0 Å². The van der Waals surface area contributed by atoms with E-state index in [1.165, 1.54) is 0 Å². The van der Waals surface area contributed by atoms with Crippen LogP contribution in [0.3, 0.4) is 0 Å².